The number of carbonyl (C=O) groups excluding carboxylic acids is 2. The van der Waals surface area contributed by atoms with Crippen LogP contribution in [0.4, 0.5) is 0 Å². The molecule has 23 heavy (non-hydrogen) atoms. The Kier molecular flexibility index (Phi) is 3.62. The van der Waals surface area contributed by atoms with Crippen LogP contribution in [0.25, 0.3) is 11.0 Å². The first-order chi connectivity index (χ1) is 10.8. The van der Waals surface area contributed by atoms with Crippen LogP contribution in [0.1, 0.15) is 44.2 Å². The molecule has 1 saturated heterocycles. The van der Waals surface area contributed by atoms with Crippen molar-refractivity contribution in [3.63, 3.8) is 0 Å². The zero-order valence-corrected chi connectivity index (χ0v) is 13.9. The quantitative estimate of drug-likeness (QED) is 0.794. The van der Waals surface area contributed by atoms with Gasteiger partial charge in [-0.05, 0) is 24.0 Å². The van der Waals surface area contributed by atoms with Crippen molar-refractivity contribution < 1.29 is 9.59 Å². The molecule has 0 radical (unpaired) electrons. The Morgan fingerprint density at radius 1 is 1.13 bits per heavy atom. The van der Waals surface area contributed by atoms with Crippen molar-refractivity contribution in [2.45, 2.75) is 38.6 Å². The predicted octanol–water partition coefficient (Wildman–Crippen LogP) is 1.78. The monoisotopic (exact) mass is 315 g/mol. The highest BCUT2D eigenvalue weighted by Crippen LogP contribution is 2.29. The van der Waals surface area contributed by atoms with Gasteiger partial charge in [0.25, 0.3) is 5.91 Å². The number of aryl methyl sites for hydroxylation is 1. The molecule has 1 aliphatic heterocycles. The van der Waals surface area contributed by atoms with Gasteiger partial charge in [-0.15, -0.1) is 0 Å². The summed E-state index contributed by atoms with van der Waals surface area (Å²) < 4.78 is 3.15. The minimum Gasteiger partial charge on any atom is -0.295 e. The van der Waals surface area contributed by atoms with Crippen LogP contribution >= 0.6 is 0 Å². The third kappa shape index (κ3) is 2.20. The Bertz CT molecular complexity index is 860. The highest BCUT2D eigenvalue weighted by atomic mass is 16.2. The number of likely N-dealkylation sites (N-methyl/N-ethyl adjacent to an activating group) is 1. The first kappa shape index (κ1) is 15.5. The van der Waals surface area contributed by atoms with Crippen molar-refractivity contribution in [3.8, 4) is 0 Å². The van der Waals surface area contributed by atoms with Crippen LogP contribution < -0.4 is 5.69 Å². The Morgan fingerprint density at radius 2 is 1.83 bits per heavy atom. The van der Waals surface area contributed by atoms with Crippen LogP contribution in [-0.2, 0) is 16.6 Å². The molecule has 1 unspecified atom stereocenters. The van der Waals surface area contributed by atoms with Gasteiger partial charge in [0.1, 0.15) is 6.04 Å². The molecule has 2 aromatic rings. The van der Waals surface area contributed by atoms with Crippen molar-refractivity contribution in [1.82, 2.24) is 14.0 Å². The van der Waals surface area contributed by atoms with Gasteiger partial charge in [0.2, 0.25) is 5.91 Å². The molecule has 0 spiro atoms. The molecule has 0 bridgehead atoms. The fourth-order valence-electron chi connectivity index (χ4n) is 3.37. The Balaban J connectivity index is 2.25. The van der Waals surface area contributed by atoms with E-state index in [1.165, 1.54) is 7.05 Å². The second-order valence-corrected chi connectivity index (χ2v) is 6.43. The molecule has 0 aliphatic carbocycles. The SMILES string of the molecule is CC(C)c1cccc2c1n(C)c(=O)n2C1CCC(=O)N(C)C1=O. The number of amides is 2. The molecule has 1 aromatic heterocycles. The van der Waals surface area contributed by atoms with Crippen LogP contribution in [0, 0.1) is 0 Å². The van der Waals surface area contributed by atoms with Gasteiger partial charge in [0.15, 0.2) is 0 Å². The first-order valence-electron chi connectivity index (χ1n) is 7.84. The zero-order valence-electron chi connectivity index (χ0n) is 13.9. The summed E-state index contributed by atoms with van der Waals surface area (Å²) in [5.41, 5.74) is 2.48. The highest BCUT2D eigenvalue weighted by molar-refractivity contribution is 6.00. The summed E-state index contributed by atoms with van der Waals surface area (Å²) in [6.45, 7) is 4.16. The van der Waals surface area contributed by atoms with Gasteiger partial charge in [0, 0.05) is 20.5 Å². The number of piperidine rings is 1. The topological polar surface area (TPSA) is 64.3 Å². The van der Waals surface area contributed by atoms with Gasteiger partial charge in [-0.2, -0.15) is 0 Å². The lowest BCUT2D eigenvalue weighted by Gasteiger charge is -2.28. The maximum absolute atomic E-state index is 12.8. The number of para-hydroxylation sites is 1. The van der Waals surface area contributed by atoms with Gasteiger partial charge < -0.3 is 0 Å². The van der Waals surface area contributed by atoms with Crippen molar-refractivity contribution >= 4 is 22.8 Å². The van der Waals surface area contributed by atoms with Gasteiger partial charge in [-0.25, -0.2) is 4.79 Å². The van der Waals surface area contributed by atoms with Crippen LogP contribution in [0.2, 0.25) is 0 Å². The normalized spacial score (nSPS) is 19.2. The number of hydrogen-bond donors (Lipinski definition) is 0. The molecular formula is C17H21N3O3. The minimum atomic E-state index is -0.615. The lowest BCUT2D eigenvalue weighted by molar-refractivity contribution is -0.149. The lowest BCUT2D eigenvalue weighted by atomic mass is 10.0. The summed E-state index contributed by atoms with van der Waals surface area (Å²) in [6.07, 6.45) is 0.645. The van der Waals surface area contributed by atoms with Crippen molar-refractivity contribution in [2.24, 2.45) is 7.05 Å². The molecule has 0 saturated carbocycles. The molecule has 122 valence electrons. The molecule has 1 fully saturated rings. The number of likely N-dealkylation sites (tertiary alicyclic amines) is 1. The number of imide groups is 1. The van der Waals surface area contributed by atoms with E-state index in [2.05, 4.69) is 13.8 Å². The molecule has 0 N–H and O–H groups in total. The van der Waals surface area contributed by atoms with Crippen LogP contribution in [0.5, 0.6) is 0 Å². The van der Waals surface area contributed by atoms with E-state index < -0.39 is 6.04 Å². The largest absolute Gasteiger partial charge is 0.329 e. The summed E-state index contributed by atoms with van der Waals surface area (Å²) in [5.74, 6) is -0.236. The Labute approximate surface area is 134 Å². The standard InChI is InChI=1S/C17H21N3O3/c1-10(2)11-6-5-7-12-15(11)19(4)17(23)20(12)13-8-9-14(21)18(3)16(13)22/h5-7,10,13H,8-9H2,1-4H3. The molecule has 3 rings (SSSR count). The third-order valence-electron chi connectivity index (χ3n) is 4.69. The smallest absolute Gasteiger partial charge is 0.295 e. The number of aromatic nitrogens is 2. The number of hydrogen-bond acceptors (Lipinski definition) is 3. The number of fused-ring (bicyclic) bond motifs is 1. The molecular weight excluding hydrogens is 294 g/mol. The molecule has 2 heterocycles. The number of rotatable bonds is 2. The van der Waals surface area contributed by atoms with Gasteiger partial charge >= 0.3 is 5.69 Å². The Morgan fingerprint density at radius 3 is 2.48 bits per heavy atom. The van der Waals surface area contributed by atoms with E-state index in [1.807, 2.05) is 18.2 Å². The van der Waals surface area contributed by atoms with Crippen molar-refractivity contribution in [2.75, 3.05) is 7.05 Å². The van der Waals surface area contributed by atoms with E-state index in [4.69, 9.17) is 0 Å². The van der Waals surface area contributed by atoms with E-state index in [1.54, 1.807) is 16.2 Å². The second-order valence-electron chi connectivity index (χ2n) is 6.43. The second kappa shape index (κ2) is 5.37. The van der Waals surface area contributed by atoms with Gasteiger partial charge in [-0.3, -0.25) is 23.6 Å². The summed E-state index contributed by atoms with van der Waals surface area (Å²) in [7, 11) is 3.21. The first-order valence-corrected chi connectivity index (χ1v) is 7.84. The van der Waals surface area contributed by atoms with Crippen molar-refractivity contribution in [3.05, 3.63) is 34.2 Å². The predicted molar refractivity (Wildman–Crippen MR) is 87.3 cm³/mol. The summed E-state index contributed by atoms with van der Waals surface area (Å²) in [6, 6.07) is 5.17. The van der Waals surface area contributed by atoms with E-state index in [0.717, 1.165) is 21.5 Å². The summed E-state index contributed by atoms with van der Waals surface area (Å²) >= 11 is 0. The molecule has 1 aliphatic rings. The maximum atomic E-state index is 12.8. The number of carbonyl (C=O) groups is 2. The van der Waals surface area contributed by atoms with E-state index >= 15 is 0 Å². The molecule has 1 atom stereocenters. The van der Waals surface area contributed by atoms with Gasteiger partial charge in [0.05, 0.1) is 11.0 Å². The third-order valence-corrected chi connectivity index (χ3v) is 4.69. The highest BCUT2D eigenvalue weighted by Gasteiger charge is 2.35. The fourth-order valence-corrected chi connectivity index (χ4v) is 3.37. The number of benzene rings is 1. The lowest BCUT2D eigenvalue weighted by Crippen LogP contribution is -2.45. The fraction of sp³-hybridized carbons (Fsp3) is 0.471. The molecule has 1 aromatic carbocycles. The zero-order chi connectivity index (χ0) is 16.9. The number of imidazole rings is 1. The van der Waals surface area contributed by atoms with Crippen LogP contribution in [0.3, 0.4) is 0 Å². The van der Waals surface area contributed by atoms with E-state index in [0.29, 0.717) is 6.42 Å². The van der Waals surface area contributed by atoms with Crippen LogP contribution in [-0.4, -0.2) is 32.9 Å². The van der Waals surface area contributed by atoms with Crippen LogP contribution in [0.15, 0.2) is 23.0 Å². The van der Waals surface area contributed by atoms with Crippen molar-refractivity contribution in [1.29, 1.82) is 0 Å². The van der Waals surface area contributed by atoms with Gasteiger partial charge in [-0.1, -0.05) is 26.0 Å². The van der Waals surface area contributed by atoms with E-state index in [9.17, 15) is 14.4 Å². The Hall–Kier alpha value is -2.37. The summed E-state index contributed by atoms with van der Waals surface area (Å²) in [4.78, 5) is 38.1. The minimum absolute atomic E-state index is 0.192. The average molecular weight is 315 g/mol. The molecule has 6 nitrogen and oxygen atoms in total. The average Bonchev–Trinajstić information content (AvgIpc) is 2.77. The molecule has 2 amide bonds. The maximum Gasteiger partial charge on any atom is 0.329 e. The van der Waals surface area contributed by atoms with E-state index in [-0.39, 0.29) is 29.8 Å². The molecule has 6 heteroatoms. The number of nitrogens with zero attached hydrogens (tertiary/aromatic N) is 3. The summed E-state index contributed by atoms with van der Waals surface area (Å²) in [5, 5.41) is 0.